The summed E-state index contributed by atoms with van der Waals surface area (Å²) in [4.78, 5) is 0. The Balaban J connectivity index is 0.000000117. The summed E-state index contributed by atoms with van der Waals surface area (Å²) < 4.78 is 7.27. The van der Waals surface area contributed by atoms with E-state index in [9.17, 15) is 0 Å². The van der Waals surface area contributed by atoms with Crippen molar-refractivity contribution in [2.45, 2.75) is 112 Å². The van der Waals surface area contributed by atoms with Crippen LogP contribution in [0.15, 0.2) is 425 Å². The summed E-state index contributed by atoms with van der Waals surface area (Å²) in [6, 6.07) is 157. The fourth-order valence-corrected chi connectivity index (χ4v) is 21.2. The summed E-state index contributed by atoms with van der Waals surface area (Å²) in [6.45, 7) is 29.7. The number of benzene rings is 21. The van der Waals surface area contributed by atoms with Crippen LogP contribution in [0.1, 0.15) is 111 Å². The molecule has 0 spiro atoms. The van der Waals surface area contributed by atoms with Gasteiger partial charge in [0.25, 0.3) is 0 Å². The molecular weight excluding hydrogens is 1620 g/mol. The maximum Gasteiger partial charge on any atom is 0.0541 e. The largest absolute Gasteiger partial charge is 0.309 e. The first-order valence-corrected chi connectivity index (χ1v) is 47.4. The molecule has 21 aromatic carbocycles. The monoisotopic (exact) mass is 1720 g/mol. The van der Waals surface area contributed by atoms with Crippen molar-refractivity contribution < 1.29 is 0 Å². The van der Waals surface area contributed by atoms with Gasteiger partial charge in [-0.25, -0.2) is 0 Å². The number of hydrogen-bond acceptors (Lipinski definition) is 0. The van der Waals surface area contributed by atoms with E-state index in [1.165, 1.54) is 242 Å². The lowest BCUT2D eigenvalue weighted by Gasteiger charge is -2.19. The van der Waals surface area contributed by atoms with Gasteiger partial charge in [0.1, 0.15) is 0 Å². The number of fused-ring (bicyclic) bond motifs is 15. The molecule has 0 radical (unpaired) electrons. The minimum atomic E-state index is 0.0769. The summed E-state index contributed by atoms with van der Waals surface area (Å²) in [7, 11) is 0. The highest BCUT2D eigenvalue weighted by Crippen LogP contribution is 2.50. The molecule has 0 saturated heterocycles. The van der Waals surface area contributed by atoms with E-state index in [-0.39, 0.29) is 21.7 Å². The predicted octanol–water partition coefficient (Wildman–Crippen LogP) is 36.8. The van der Waals surface area contributed by atoms with Crippen LogP contribution in [0.3, 0.4) is 0 Å². The van der Waals surface area contributed by atoms with Crippen LogP contribution in [0, 0.1) is 6.92 Å². The summed E-state index contributed by atoms with van der Waals surface area (Å²) in [5, 5.41) is 23.2. The van der Waals surface area contributed by atoms with Gasteiger partial charge in [0.2, 0.25) is 0 Å². The second-order valence-corrected chi connectivity index (χ2v) is 40.7. The zero-order valence-electron chi connectivity index (χ0n) is 78.8. The number of rotatable bonds is 9. The molecule has 134 heavy (non-hydrogen) atoms. The van der Waals surface area contributed by atoms with Crippen molar-refractivity contribution in [3.8, 4) is 83.8 Å². The number of hydrogen-bond donors (Lipinski definition) is 0. The van der Waals surface area contributed by atoms with Crippen LogP contribution in [-0.2, 0) is 21.7 Å². The smallest absolute Gasteiger partial charge is 0.0541 e. The first-order chi connectivity index (χ1) is 65.0. The Bertz CT molecular complexity index is 8530. The van der Waals surface area contributed by atoms with Crippen molar-refractivity contribution in [2.75, 3.05) is 0 Å². The topological polar surface area (TPSA) is 14.8 Å². The Morgan fingerprint density at radius 2 is 0.328 bits per heavy atom. The lowest BCUT2D eigenvalue weighted by Crippen LogP contribution is -2.10. The highest BCUT2D eigenvalue weighted by Gasteiger charge is 2.27. The minimum Gasteiger partial charge on any atom is -0.309 e. The van der Waals surface area contributed by atoms with E-state index >= 15 is 0 Å². The Hall–Kier alpha value is -15.4. The van der Waals surface area contributed by atoms with Gasteiger partial charge in [-0.1, -0.05) is 416 Å². The van der Waals surface area contributed by atoms with Gasteiger partial charge in [0.15, 0.2) is 0 Å². The Morgan fingerprint density at radius 3 is 0.567 bits per heavy atom. The zero-order valence-corrected chi connectivity index (χ0v) is 78.8. The molecule has 0 fully saturated rings. The molecule has 3 aromatic heterocycles. The molecule has 24 aromatic rings. The van der Waals surface area contributed by atoms with Crippen molar-refractivity contribution in [2.24, 2.45) is 0 Å². The number of para-hydroxylation sites is 2. The summed E-state index contributed by atoms with van der Waals surface area (Å²) in [6.07, 6.45) is 0. The number of nitrogens with zero attached hydrogens (tertiary/aromatic N) is 3. The fraction of sp³-hybridized carbons (Fsp3) is 0.130. The first-order valence-electron chi connectivity index (χ1n) is 47.4. The Morgan fingerprint density at radius 1 is 0.142 bits per heavy atom. The molecule has 24 rings (SSSR count). The quantitative estimate of drug-likeness (QED) is 0.128. The van der Waals surface area contributed by atoms with Crippen LogP contribution in [-0.4, -0.2) is 13.7 Å². The lowest BCUT2D eigenvalue weighted by molar-refractivity contribution is 0.590. The van der Waals surface area contributed by atoms with Gasteiger partial charge in [-0.2, -0.15) is 0 Å². The van der Waals surface area contributed by atoms with E-state index in [0.717, 1.165) is 0 Å². The molecule has 0 atom stereocenters. The predicted molar refractivity (Wildman–Crippen MR) is 580 cm³/mol. The highest BCUT2D eigenvalue weighted by molar-refractivity contribution is 6.25. The zero-order chi connectivity index (χ0) is 91.6. The third-order valence-electron chi connectivity index (χ3n) is 28.0. The van der Waals surface area contributed by atoms with E-state index in [1.807, 2.05) is 0 Å². The number of aromatic nitrogens is 3. The van der Waals surface area contributed by atoms with Gasteiger partial charge < -0.3 is 13.7 Å². The van der Waals surface area contributed by atoms with Gasteiger partial charge in [-0.3, -0.25) is 0 Å². The molecule has 3 nitrogen and oxygen atoms in total. The molecule has 0 unspecified atom stereocenters. The third-order valence-corrected chi connectivity index (χ3v) is 28.0. The molecule has 0 saturated carbocycles. The molecule has 0 N–H and O–H groups in total. The van der Waals surface area contributed by atoms with Crippen LogP contribution >= 0.6 is 0 Å². The Labute approximate surface area is 786 Å². The SMILES string of the molecule is CC(C)(C)c1ccc2c(c1)c1cc(C(C)(C)C)ccc1n2-c1ccc(-c2c3ccccc3c(-c3ccccc3)c3ccccc23)cc1.CC(C)(C)c1ccc2c(c1)c1ccccc1n2-c1ccc(-c2c3ccccc3c(-c3ccccc3)c3ccccc23)cc1.Cc1ccc2c(-c3ccc(-n4c5ccccc5c5cc(C(C)(C)C)ccc54)cc3)c3ccccc3c(-c3ccccc3)c2c1. The normalized spacial score (nSPS) is 12.2. The van der Waals surface area contributed by atoms with Gasteiger partial charge in [0, 0.05) is 49.4 Å². The van der Waals surface area contributed by atoms with Gasteiger partial charge in [-0.15, -0.1) is 0 Å². The van der Waals surface area contributed by atoms with Crippen LogP contribution in [0.4, 0.5) is 0 Å². The minimum absolute atomic E-state index is 0.0769. The van der Waals surface area contributed by atoms with Crippen molar-refractivity contribution in [1.82, 2.24) is 13.7 Å². The van der Waals surface area contributed by atoms with Crippen molar-refractivity contribution in [1.29, 1.82) is 0 Å². The fourth-order valence-electron chi connectivity index (χ4n) is 21.2. The van der Waals surface area contributed by atoms with Crippen LogP contribution < -0.4 is 0 Å². The van der Waals surface area contributed by atoms with Crippen LogP contribution in [0.5, 0.6) is 0 Å². The summed E-state index contributed by atoms with van der Waals surface area (Å²) in [5.41, 5.74) is 33.2. The Kier molecular flexibility index (Phi) is 20.8. The van der Waals surface area contributed by atoms with E-state index in [4.69, 9.17) is 0 Å². The van der Waals surface area contributed by atoms with Gasteiger partial charge >= 0.3 is 0 Å². The molecule has 648 valence electrons. The maximum atomic E-state index is 2.45. The molecular formula is C131H109N3. The van der Waals surface area contributed by atoms with Crippen molar-refractivity contribution >= 4 is 130 Å². The van der Waals surface area contributed by atoms with Gasteiger partial charge in [-0.05, 0) is 279 Å². The van der Waals surface area contributed by atoms with Crippen molar-refractivity contribution in [3.63, 3.8) is 0 Å². The van der Waals surface area contributed by atoms with Crippen molar-refractivity contribution in [3.05, 3.63) is 452 Å². The first kappa shape index (κ1) is 84.1. The van der Waals surface area contributed by atoms with Crippen LogP contribution in [0.25, 0.3) is 214 Å². The third kappa shape index (κ3) is 14.8. The summed E-state index contributed by atoms with van der Waals surface area (Å²) in [5.74, 6) is 0. The van der Waals surface area contributed by atoms with E-state index < -0.39 is 0 Å². The highest BCUT2D eigenvalue weighted by atomic mass is 15.0. The average Bonchev–Trinajstić information content (AvgIpc) is 1.40. The lowest BCUT2D eigenvalue weighted by atomic mass is 9.85. The van der Waals surface area contributed by atoms with E-state index in [2.05, 4.69) is 528 Å². The molecule has 0 bridgehead atoms. The molecule has 0 aliphatic carbocycles. The van der Waals surface area contributed by atoms with Gasteiger partial charge in [0.05, 0.1) is 33.1 Å². The average molecular weight is 1730 g/mol. The van der Waals surface area contributed by atoms with Crippen LogP contribution in [0.2, 0.25) is 0 Å². The molecule has 0 aliphatic rings. The summed E-state index contributed by atoms with van der Waals surface area (Å²) >= 11 is 0. The second-order valence-electron chi connectivity index (χ2n) is 40.7. The maximum absolute atomic E-state index is 2.45. The van der Waals surface area contributed by atoms with E-state index in [1.54, 1.807) is 0 Å². The number of aryl methyl sites for hydroxylation is 1. The molecule has 3 heteroatoms. The molecule has 3 heterocycles. The second kappa shape index (κ2) is 33.1. The molecule has 0 aliphatic heterocycles. The van der Waals surface area contributed by atoms with E-state index in [0.29, 0.717) is 0 Å². The standard InChI is InChI=1S/C46H41N.C43H35N.C42H33N/c1-45(2,3)32-22-26-41-39(28-32)40-29-33(46(4,5)6)23-27-42(40)47(41)34-24-20-31(21-25-34)44-37-18-12-10-16-35(37)43(30-14-8-7-9-15-30)36-17-11-13-19-38(36)44;1-28-18-24-36-38(26-28)42(29-12-6-5-7-13-29)35-16-9-8-15-34(35)41(36)30-19-22-32(23-20-30)44-39-17-11-10-14-33(39)37-27-31(43(2,3)4)21-25-40(37)44;1-42(2,3)30-23-26-39-37(27-30)32-15-11-12-20-38(32)43(39)31-24-21-29(22-25-31)41-35-18-9-7-16-33(35)40(28-13-5-4-6-14-28)34-17-8-10-19-36(34)41/h7-29H,1-6H3;5-27H,1-4H3;4-27H,1-3H3. The molecule has 0 amide bonds.